The van der Waals surface area contributed by atoms with E-state index in [2.05, 4.69) is 15.3 Å². The lowest BCUT2D eigenvalue weighted by atomic mass is 10.1. The maximum absolute atomic E-state index is 12.7. The minimum absolute atomic E-state index is 0.0817. The van der Waals surface area contributed by atoms with Gasteiger partial charge in [-0.2, -0.15) is 13.2 Å². The monoisotopic (exact) mass is 325 g/mol. The molecule has 0 fully saturated rings. The van der Waals surface area contributed by atoms with Crippen molar-refractivity contribution in [3.8, 4) is 0 Å². The van der Waals surface area contributed by atoms with E-state index in [1.165, 1.54) is 0 Å². The number of anilines is 2. The predicted octanol–water partition coefficient (Wildman–Crippen LogP) is 3.16. The van der Waals surface area contributed by atoms with Crippen LogP contribution in [-0.2, 0) is 6.18 Å². The van der Waals surface area contributed by atoms with Crippen LogP contribution in [0.1, 0.15) is 18.4 Å². The lowest BCUT2D eigenvalue weighted by Gasteiger charge is -2.10. The van der Waals surface area contributed by atoms with Crippen molar-refractivity contribution in [2.24, 2.45) is 0 Å². The van der Waals surface area contributed by atoms with Gasteiger partial charge >= 0.3 is 6.18 Å². The summed E-state index contributed by atoms with van der Waals surface area (Å²) in [4.78, 5) is 8.23. The number of rotatable bonds is 2. The zero-order valence-corrected chi connectivity index (χ0v) is 12.0. The molecule has 22 heavy (non-hydrogen) atoms. The Morgan fingerprint density at radius 3 is 2.73 bits per heavy atom. The quantitative estimate of drug-likeness (QED) is 0.921. The third-order valence-corrected chi connectivity index (χ3v) is 3.62. The molecule has 0 saturated carbocycles. The van der Waals surface area contributed by atoms with Crippen LogP contribution in [0.25, 0.3) is 11.1 Å². The number of aromatic nitrogens is 2. The van der Waals surface area contributed by atoms with E-state index in [1.54, 1.807) is 6.07 Å². The summed E-state index contributed by atoms with van der Waals surface area (Å²) in [7, 11) is 0. The summed E-state index contributed by atoms with van der Waals surface area (Å²) in [5.41, 5.74) is -0.763. The Kier molecular flexibility index (Phi) is 3.78. The summed E-state index contributed by atoms with van der Waals surface area (Å²) >= 11 is 6.15. The number of hydrogen-bond donors (Lipinski definition) is 1. The van der Waals surface area contributed by atoms with Crippen molar-refractivity contribution in [3.63, 3.8) is 0 Å². The molecule has 0 unspecified atom stereocenters. The van der Waals surface area contributed by atoms with Crippen LogP contribution in [0.15, 0.2) is 30.5 Å². The second-order valence-corrected chi connectivity index (χ2v) is 5.29. The maximum atomic E-state index is 12.7. The zero-order chi connectivity index (χ0) is 15.7. The van der Waals surface area contributed by atoms with Gasteiger partial charge in [0.2, 0.25) is 0 Å². The van der Waals surface area contributed by atoms with Gasteiger partial charge in [-0.1, -0.05) is 17.7 Å². The molecule has 2 aromatic heterocycles. The number of alkyl halides is 3. The summed E-state index contributed by atoms with van der Waals surface area (Å²) in [6.07, 6.45) is 0.300. The van der Waals surface area contributed by atoms with Gasteiger partial charge in [0, 0.05) is 11.2 Å². The first-order valence-corrected chi connectivity index (χ1v) is 6.97. The van der Waals surface area contributed by atoms with E-state index in [-0.39, 0.29) is 5.82 Å². The van der Waals surface area contributed by atoms with Crippen molar-refractivity contribution >= 4 is 34.3 Å². The Bertz CT molecular complexity index is 831. The molecule has 0 spiro atoms. The van der Waals surface area contributed by atoms with Crippen LogP contribution in [-0.4, -0.2) is 9.97 Å². The Morgan fingerprint density at radius 1 is 1.14 bits per heavy atom. The summed E-state index contributed by atoms with van der Waals surface area (Å²) < 4.78 is 38.1. The Morgan fingerprint density at radius 2 is 1.95 bits per heavy atom. The molecular formula is C15H11ClF3N3. The van der Waals surface area contributed by atoms with Crippen LogP contribution >= 0.6 is 11.6 Å². The highest BCUT2D eigenvalue weighted by Gasteiger charge is 2.30. The van der Waals surface area contributed by atoms with Gasteiger partial charge in [0.05, 0.1) is 10.9 Å². The van der Waals surface area contributed by atoms with E-state index < -0.39 is 11.7 Å². The van der Waals surface area contributed by atoms with Crippen molar-refractivity contribution in [1.29, 1.82) is 0 Å². The highest BCUT2D eigenvalue weighted by atomic mass is 35.5. The van der Waals surface area contributed by atoms with Crippen molar-refractivity contribution in [1.82, 2.24) is 9.97 Å². The molecule has 0 aliphatic heterocycles. The summed E-state index contributed by atoms with van der Waals surface area (Å²) in [5, 5.41) is 5.02. The van der Waals surface area contributed by atoms with Gasteiger partial charge in [-0.3, -0.25) is 0 Å². The highest BCUT2D eigenvalue weighted by molar-refractivity contribution is 6.45. The van der Waals surface area contributed by atoms with Gasteiger partial charge in [-0.15, -0.1) is 0 Å². The molecular weight excluding hydrogens is 315 g/mol. The smallest absolute Gasteiger partial charge is 0.325 e. The van der Waals surface area contributed by atoms with E-state index in [0.717, 1.165) is 30.0 Å². The fraction of sp³-hybridized carbons (Fsp3) is 0.200. The van der Waals surface area contributed by atoms with Gasteiger partial charge in [0.25, 0.3) is 0 Å². The molecule has 0 atom stereocenters. The fourth-order valence-electron chi connectivity index (χ4n) is 2.20. The van der Waals surface area contributed by atoms with E-state index in [1.807, 2.05) is 12.1 Å². The average molecular weight is 326 g/mol. The molecule has 1 aliphatic rings. The molecule has 0 aromatic carbocycles. The van der Waals surface area contributed by atoms with Crippen LogP contribution in [0.2, 0.25) is 0 Å². The van der Waals surface area contributed by atoms with Gasteiger partial charge in [-0.25, -0.2) is 9.97 Å². The predicted molar refractivity (Wildman–Crippen MR) is 79.0 cm³/mol. The number of fused-ring (bicyclic) bond motifs is 1. The van der Waals surface area contributed by atoms with Crippen molar-refractivity contribution in [3.05, 3.63) is 46.6 Å². The van der Waals surface area contributed by atoms with Crippen LogP contribution in [0.5, 0.6) is 0 Å². The molecule has 2 aromatic rings. The SMILES string of the molecule is FC(F)(F)c1ccnc(Nc2ccc3c(n2)=C(Cl)CCC=3)c1. The number of nitrogens with zero attached hydrogens (tertiary/aromatic N) is 2. The molecule has 114 valence electrons. The third kappa shape index (κ3) is 3.06. The maximum Gasteiger partial charge on any atom is 0.416 e. The van der Waals surface area contributed by atoms with Gasteiger partial charge < -0.3 is 5.32 Å². The Balaban J connectivity index is 1.95. The van der Waals surface area contributed by atoms with E-state index in [4.69, 9.17) is 11.6 Å². The highest BCUT2D eigenvalue weighted by Crippen LogP contribution is 2.30. The topological polar surface area (TPSA) is 37.8 Å². The van der Waals surface area contributed by atoms with Crippen LogP contribution in [0, 0.1) is 0 Å². The van der Waals surface area contributed by atoms with E-state index >= 15 is 0 Å². The van der Waals surface area contributed by atoms with Crippen molar-refractivity contribution in [2.45, 2.75) is 19.0 Å². The third-order valence-electron chi connectivity index (χ3n) is 3.25. The van der Waals surface area contributed by atoms with Crippen molar-refractivity contribution < 1.29 is 13.2 Å². The standard InChI is InChI=1S/C15H11ClF3N3/c16-11-3-1-2-9-4-5-12(22-14(9)11)21-13-8-10(6-7-20-13)15(17,18)19/h2,4-8H,1,3H2,(H,20,21,22). The summed E-state index contributed by atoms with van der Waals surface area (Å²) in [6.45, 7) is 0. The average Bonchev–Trinajstić information content (AvgIpc) is 2.48. The zero-order valence-electron chi connectivity index (χ0n) is 11.3. The fourth-order valence-corrected chi connectivity index (χ4v) is 2.46. The second kappa shape index (κ2) is 5.61. The normalized spacial score (nSPS) is 14.3. The molecule has 2 heterocycles. The van der Waals surface area contributed by atoms with Gasteiger partial charge in [-0.05, 0) is 42.3 Å². The number of halogens is 4. The van der Waals surface area contributed by atoms with Gasteiger partial charge in [0.1, 0.15) is 11.6 Å². The first-order chi connectivity index (χ1) is 10.4. The lowest BCUT2D eigenvalue weighted by molar-refractivity contribution is -0.137. The van der Waals surface area contributed by atoms with Crippen LogP contribution < -0.4 is 15.9 Å². The first kappa shape index (κ1) is 14.8. The minimum Gasteiger partial charge on any atom is -0.325 e. The largest absolute Gasteiger partial charge is 0.416 e. The minimum atomic E-state index is -4.41. The molecule has 0 saturated heterocycles. The second-order valence-electron chi connectivity index (χ2n) is 4.83. The van der Waals surface area contributed by atoms with Crippen LogP contribution in [0.4, 0.5) is 24.8 Å². The van der Waals surface area contributed by atoms with E-state index in [9.17, 15) is 13.2 Å². The summed E-state index contributed by atoms with van der Waals surface area (Å²) in [5.74, 6) is 0.484. The Hall–Kier alpha value is -2.08. The van der Waals surface area contributed by atoms with Gasteiger partial charge in [0.15, 0.2) is 0 Å². The number of hydrogen-bond acceptors (Lipinski definition) is 3. The molecule has 7 heteroatoms. The molecule has 0 bridgehead atoms. The molecule has 0 amide bonds. The summed E-state index contributed by atoms with van der Waals surface area (Å²) in [6, 6.07) is 5.39. The van der Waals surface area contributed by atoms with Crippen LogP contribution in [0.3, 0.4) is 0 Å². The molecule has 1 N–H and O–H groups in total. The number of pyridine rings is 2. The molecule has 3 nitrogen and oxygen atoms in total. The molecule has 3 rings (SSSR count). The lowest BCUT2D eigenvalue weighted by Crippen LogP contribution is -2.32. The Labute approximate surface area is 129 Å². The molecule has 1 aliphatic carbocycles. The van der Waals surface area contributed by atoms with E-state index in [0.29, 0.717) is 22.6 Å². The molecule has 0 radical (unpaired) electrons. The first-order valence-electron chi connectivity index (χ1n) is 6.60. The number of nitrogens with one attached hydrogen (secondary N) is 1. The van der Waals surface area contributed by atoms with Crippen molar-refractivity contribution in [2.75, 3.05) is 5.32 Å².